The SMILES string of the molecule is Nc1ncc(-c2nc(Cl)nc3c2ncn3C2CCOC2)cn1. The number of aromatic nitrogens is 6. The summed E-state index contributed by atoms with van der Waals surface area (Å²) in [5, 5.41) is 0.153. The van der Waals surface area contributed by atoms with Crippen molar-refractivity contribution in [1.29, 1.82) is 0 Å². The standard InChI is InChI=1S/C13H12ClN7O/c14-12-19-9(7-3-16-13(15)17-4-7)10-11(20-12)21(6-18-10)8-1-2-22-5-8/h3-4,6,8H,1-2,5H2,(H2,15,16,17). The van der Waals surface area contributed by atoms with E-state index in [2.05, 4.69) is 24.9 Å². The molecular formula is C13H12ClN7O. The number of ether oxygens (including phenoxy) is 1. The molecule has 1 atom stereocenters. The number of nitrogens with two attached hydrogens (primary N) is 1. The van der Waals surface area contributed by atoms with Gasteiger partial charge in [0.05, 0.1) is 19.0 Å². The molecule has 1 unspecified atom stereocenters. The number of hydrogen-bond donors (Lipinski definition) is 1. The third kappa shape index (κ3) is 2.16. The number of imidazole rings is 1. The molecule has 112 valence electrons. The van der Waals surface area contributed by atoms with Crippen molar-refractivity contribution in [3.05, 3.63) is 24.0 Å². The maximum Gasteiger partial charge on any atom is 0.225 e. The van der Waals surface area contributed by atoms with Crippen LogP contribution in [0.15, 0.2) is 18.7 Å². The van der Waals surface area contributed by atoms with E-state index >= 15 is 0 Å². The van der Waals surface area contributed by atoms with Crippen LogP contribution in [0, 0.1) is 0 Å². The number of hydrogen-bond acceptors (Lipinski definition) is 7. The van der Waals surface area contributed by atoms with Crippen molar-refractivity contribution in [2.75, 3.05) is 18.9 Å². The molecule has 0 spiro atoms. The summed E-state index contributed by atoms with van der Waals surface area (Å²) in [5.41, 5.74) is 8.14. The van der Waals surface area contributed by atoms with Gasteiger partial charge in [-0.1, -0.05) is 0 Å². The van der Waals surface area contributed by atoms with E-state index in [9.17, 15) is 0 Å². The lowest BCUT2D eigenvalue weighted by Crippen LogP contribution is -2.08. The van der Waals surface area contributed by atoms with E-state index in [0.717, 1.165) is 13.0 Å². The molecule has 1 fully saturated rings. The Kier molecular flexibility index (Phi) is 3.12. The minimum atomic E-state index is 0.153. The number of halogens is 1. The van der Waals surface area contributed by atoms with E-state index < -0.39 is 0 Å². The van der Waals surface area contributed by atoms with Gasteiger partial charge in [-0.2, -0.15) is 4.98 Å². The molecule has 0 bridgehead atoms. The van der Waals surface area contributed by atoms with Crippen molar-refractivity contribution in [3.8, 4) is 11.3 Å². The number of fused-ring (bicyclic) bond motifs is 1. The van der Waals surface area contributed by atoms with Crippen LogP contribution in [0.5, 0.6) is 0 Å². The molecule has 1 aliphatic rings. The van der Waals surface area contributed by atoms with Crippen LogP contribution in [0.4, 0.5) is 5.95 Å². The summed E-state index contributed by atoms with van der Waals surface area (Å²) < 4.78 is 7.41. The molecular weight excluding hydrogens is 306 g/mol. The Bertz CT molecular complexity index is 826. The Morgan fingerprint density at radius 2 is 2.05 bits per heavy atom. The van der Waals surface area contributed by atoms with E-state index in [1.165, 1.54) is 0 Å². The number of rotatable bonds is 2. The molecule has 22 heavy (non-hydrogen) atoms. The van der Waals surface area contributed by atoms with Crippen molar-refractivity contribution in [2.24, 2.45) is 0 Å². The highest BCUT2D eigenvalue weighted by Crippen LogP contribution is 2.29. The number of nitrogen functional groups attached to an aromatic ring is 1. The van der Waals surface area contributed by atoms with Crippen LogP contribution in [-0.4, -0.2) is 42.7 Å². The molecule has 1 saturated heterocycles. The fourth-order valence-corrected chi connectivity index (χ4v) is 2.72. The van der Waals surface area contributed by atoms with Gasteiger partial charge in [0.1, 0.15) is 11.2 Å². The Labute approximate surface area is 130 Å². The lowest BCUT2D eigenvalue weighted by atomic mass is 10.2. The fraction of sp³-hybridized carbons (Fsp3) is 0.308. The first-order chi connectivity index (χ1) is 10.7. The molecule has 0 radical (unpaired) electrons. The quantitative estimate of drug-likeness (QED) is 0.714. The van der Waals surface area contributed by atoms with Gasteiger partial charge >= 0.3 is 0 Å². The largest absolute Gasteiger partial charge is 0.379 e. The first-order valence-electron chi connectivity index (χ1n) is 6.78. The van der Waals surface area contributed by atoms with E-state index in [1.54, 1.807) is 18.7 Å². The zero-order chi connectivity index (χ0) is 15.1. The van der Waals surface area contributed by atoms with Crippen molar-refractivity contribution in [2.45, 2.75) is 12.5 Å². The van der Waals surface area contributed by atoms with Gasteiger partial charge in [0.25, 0.3) is 0 Å². The predicted molar refractivity (Wildman–Crippen MR) is 80.2 cm³/mol. The smallest absolute Gasteiger partial charge is 0.225 e. The third-order valence-corrected chi connectivity index (χ3v) is 3.81. The van der Waals surface area contributed by atoms with Gasteiger partial charge < -0.3 is 15.0 Å². The first kappa shape index (κ1) is 13.4. The Morgan fingerprint density at radius 1 is 1.23 bits per heavy atom. The van der Waals surface area contributed by atoms with Gasteiger partial charge in [0.2, 0.25) is 11.2 Å². The van der Waals surface area contributed by atoms with Gasteiger partial charge in [0.15, 0.2) is 5.65 Å². The monoisotopic (exact) mass is 317 g/mol. The van der Waals surface area contributed by atoms with Crippen LogP contribution in [0.25, 0.3) is 22.4 Å². The molecule has 4 rings (SSSR count). The van der Waals surface area contributed by atoms with Crippen molar-refractivity contribution in [3.63, 3.8) is 0 Å². The van der Waals surface area contributed by atoms with Gasteiger partial charge in [-0.15, -0.1) is 0 Å². The zero-order valence-corrected chi connectivity index (χ0v) is 12.2. The van der Waals surface area contributed by atoms with Crippen LogP contribution in [0.3, 0.4) is 0 Å². The second-order valence-corrected chi connectivity index (χ2v) is 5.35. The molecule has 0 aromatic carbocycles. The van der Waals surface area contributed by atoms with Crippen molar-refractivity contribution < 1.29 is 4.74 Å². The van der Waals surface area contributed by atoms with E-state index in [4.69, 9.17) is 22.1 Å². The van der Waals surface area contributed by atoms with Gasteiger partial charge in [-0.25, -0.2) is 19.9 Å². The van der Waals surface area contributed by atoms with E-state index in [0.29, 0.717) is 29.0 Å². The average Bonchev–Trinajstić information content (AvgIpc) is 3.15. The van der Waals surface area contributed by atoms with Gasteiger partial charge in [0, 0.05) is 24.6 Å². The second-order valence-electron chi connectivity index (χ2n) is 5.01. The Morgan fingerprint density at radius 3 is 2.77 bits per heavy atom. The second kappa shape index (κ2) is 5.15. The number of anilines is 1. The van der Waals surface area contributed by atoms with E-state index in [-0.39, 0.29) is 17.3 Å². The molecule has 3 aromatic heterocycles. The molecule has 0 saturated carbocycles. The zero-order valence-electron chi connectivity index (χ0n) is 11.5. The van der Waals surface area contributed by atoms with Crippen LogP contribution in [0.1, 0.15) is 12.5 Å². The molecule has 0 aliphatic carbocycles. The Hall–Kier alpha value is -2.32. The summed E-state index contributed by atoms with van der Waals surface area (Å²) >= 11 is 6.08. The molecule has 4 heterocycles. The summed E-state index contributed by atoms with van der Waals surface area (Å²) in [6.45, 7) is 1.38. The van der Waals surface area contributed by atoms with Crippen molar-refractivity contribution in [1.82, 2.24) is 29.5 Å². The average molecular weight is 318 g/mol. The lowest BCUT2D eigenvalue weighted by Gasteiger charge is -2.10. The number of nitrogens with zero attached hydrogens (tertiary/aromatic N) is 6. The highest BCUT2D eigenvalue weighted by molar-refractivity contribution is 6.28. The van der Waals surface area contributed by atoms with Gasteiger partial charge in [-0.05, 0) is 18.0 Å². The fourth-order valence-electron chi connectivity index (χ4n) is 2.56. The minimum Gasteiger partial charge on any atom is -0.379 e. The highest BCUT2D eigenvalue weighted by Gasteiger charge is 2.22. The molecule has 3 aromatic rings. The molecule has 2 N–H and O–H groups in total. The predicted octanol–water partition coefficient (Wildman–Crippen LogP) is 1.48. The first-order valence-corrected chi connectivity index (χ1v) is 7.16. The third-order valence-electron chi connectivity index (χ3n) is 3.64. The van der Waals surface area contributed by atoms with Crippen LogP contribution in [0.2, 0.25) is 5.28 Å². The van der Waals surface area contributed by atoms with Crippen LogP contribution >= 0.6 is 11.6 Å². The summed E-state index contributed by atoms with van der Waals surface area (Å²) in [5.74, 6) is 0.203. The highest BCUT2D eigenvalue weighted by atomic mass is 35.5. The molecule has 8 nitrogen and oxygen atoms in total. The minimum absolute atomic E-state index is 0.153. The topological polar surface area (TPSA) is 105 Å². The molecule has 9 heteroatoms. The van der Waals surface area contributed by atoms with Crippen LogP contribution < -0.4 is 5.73 Å². The summed E-state index contributed by atoms with van der Waals surface area (Å²) in [6, 6.07) is 0.214. The van der Waals surface area contributed by atoms with Gasteiger partial charge in [-0.3, -0.25) is 0 Å². The van der Waals surface area contributed by atoms with Crippen molar-refractivity contribution >= 4 is 28.7 Å². The normalized spacial score (nSPS) is 18.1. The molecule has 0 amide bonds. The molecule has 1 aliphatic heterocycles. The lowest BCUT2D eigenvalue weighted by molar-refractivity contribution is 0.187. The summed E-state index contributed by atoms with van der Waals surface area (Å²) in [7, 11) is 0. The Balaban J connectivity index is 1.90. The maximum absolute atomic E-state index is 6.08. The van der Waals surface area contributed by atoms with E-state index in [1.807, 2.05) is 4.57 Å². The van der Waals surface area contributed by atoms with Crippen LogP contribution in [-0.2, 0) is 4.74 Å². The summed E-state index contributed by atoms with van der Waals surface area (Å²) in [4.78, 5) is 21.0. The summed E-state index contributed by atoms with van der Waals surface area (Å²) in [6.07, 6.45) is 5.86. The maximum atomic E-state index is 6.08.